The molecule has 1 unspecified atom stereocenters. The first-order chi connectivity index (χ1) is 14.6. The quantitative estimate of drug-likeness (QED) is 0.213. The van der Waals surface area contributed by atoms with Gasteiger partial charge in [0, 0.05) is 5.22 Å². The highest BCUT2D eigenvalue weighted by molar-refractivity contribution is 6.82. The molecule has 34 heavy (non-hydrogen) atoms. The van der Waals surface area contributed by atoms with E-state index in [4.69, 9.17) is 4.43 Å². The SMILES string of the molecule is CCC(C)(CCC(C)(C)[Si](C)(C)OC(C)(C)[Si](C)(C)CCC(C)(C)CC(C)(C)O)CC(C)(C)O. The van der Waals surface area contributed by atoms with Crippen molar-refractivity contribution in [3.05, 3.63) is 0 Å². The van der Waals surface area contributed by atoms with Crippen LogP contribution in [-0.2, 0) is 4.43 Å². The van der Waals surface area contributed by atoms with E-state index >= 15 is 0 Å². The summed E-state index contributed by atoms with van der Waals surface area (Å²) in [6, 6.07) is 1.20. The molecule has 0 rings (SSSR count). The first-order valence-corrected chi connectivity index (χ1v) is 19.9. The highest BCUT2D eigenvalue weighted by Crippen LogP contribution is 2.49. The molecule has 2 N–H and O–H groups in total. The van der Waals surface area contributed by atoms with Crippen LogP contribution in [-0.4, -0.2) is 43.0 Å². The standard InChI is InChI=1S/C29H64O3Si2/c1-17-29(12,23-26(6,7)31)19-18-27(8,9)34(15,16)32-28(10,11)33(13,14)21-20-24(2,3)22-25(4,5)30/h30-31H,17-23H2,1-16H3. The van der Waals surface area contributed by atoms with Crippen LogP contribution < -0.4 is 0 Å². The van der Waals surface area contributed by atoms with Gasteiger partial charge in [-0.2, -0.15) is 0 Å². The van der Waals surface area contributed by atoms with Crippen molar-refractivity contribution in [2.24, 2.45) is 10.8 Å². The van der Waals surface area contributed by atoms with Crippen LogP contribution >= 0.6 is 0 Å². The average Bonchev–Trinajstić information content (AvgIpc) is 2.54. The van der Waals surface area contributed by atoms with Crippen LogP contribution in [0.4, 0.5) is 0 Å². The molecule has 0 saturated carbocycles. The molecule has 0 aromatic heterocycles. The molecule has 5 heteroatoms. The van der Waals surface area contributed by atoms with Crippen LogP contribution in [0.1, 0.15) is 122 Å². The van der Waals surface area contributed by atoms with Gasteiger partial charge in [0.2, 0.25) is 0 Å². The van der Waals surface area contributed by atoms with Crippen molar-refractivity contribution < 1.29 is 14.6 Å². The van der Waals surface area contributed by atoms with E-state index < -0.39 is 27.6 Å². The summed E-state index contributed by atoms with van der Waals surface area (Å²) in [5.41, 5.74) is -0.987. The van der Waals surface area contributed by atoms with E-state index in [9.17, 15) is 10.2 Å². The normalized spacial score (nSPS) is 17.1. The van der Waals surface area contributed by atoms with Crippen LogP contribution in [0.3, 0.4) is 0 Å². The third-order valence-corrected chi connectivity index (χ3v) is 18.8. The summed E-state index contributed by atoms with van der Waals surface area (Å²) in [5, 5.41) is 20.9. The Morgan fingerprint density at radius 3 is 1.47 bits per heavy atom. The molecule has 0 aromatic rings. The van der Waals surface area contributed by atoms with Crippen LogP contribution in [0.25, 0.3) is 0 Å². The number of aliphatic hydroxyl groups is 2. The van der Waals surface area contributed by atoms with Crippen molar-refractivity contribution in [1.82, 2.24) is 0 Å². The Bertz CT molecular complexity index is 637. The summed E-state index contributed by atoms with van der Waals surface area (Å²) in [6.45, 7) is 36.2. The highest BCUT2D eigenvalue weighted by Gasteiger charge is 2.50. The van der Waals surface area contributed by atoms with E-state index in [1.54, 1.807) is 0 Å². The van der Waals surface area contributed by atoms with Gasteiger partial charge < -0.3 is 14.6 Å². The Morgan fingerprint density at radius 1 is 0.647 bits per heavy atom. The number of hydrogen-bond acceptors (Lipinski definition) is 3. The van der Waals surface area contributed by atoms with Crippen LogP contribution in [0.2, 0.25) is 37.3 Å². The molecule has 0 spiro atoms. The molecule has 0 aliphatic rings. The van der Waals surface area contributed by atoms with Gasteiger partial charge in [-0.25, -0.2) is 0 Å². The molecule has 1 atom stereocenters. The van der Waals surface area contributed by atoms with Gasteiger partial charge in [-0.15, -0.1) is 0 Å². The Morgan fingerprint density at radius 2 is 1.09 bits per heavy atom. The summed E-state index contributed by atoms with van der Waals surface area (Å²) < 4.78 is 7.22. The van der Waals surface area contributed by atoms with Gasteiger partial charge in [-0.3, -0.25) is 0 Å². The van der Waals surface area contributed by atoms with Crippen LogP contribution in [0.15, 0.2) is 0 Å². The maximum Gasteiger partial charge on any atom is 0.192 e. The first kappa shape index (κ1) is 34.3. The zero-order chi connectivity index (χ0) is 27.7. The minimum Gasteiger partial charge on any atom is -0.415 e. The molecule has 206 valence electrons. The molecule has 0 bridgehead atoms. The Hall–Kier alpha value is 0.314. The van der Waals surface area contributed by atoms with Crippen LogP contribution in [0.5, 0.6) is 0 Å². The van der Waals surface area contributed by atoms with Crippen LogP contribution in [0, 0.1) is 10.8 Å². The second-order valence-corrected chi connectivity index (χ2v) is 26.2. The van der Waals surface area contributed by atoms with Crippen molar-refractivity contribution in [2.75, 3.05) is 0 Å². The molecule has 0 radical (unpaired) electrons. The summed E-state index contributed by atoms with van der Waals surface area (Å²) in [6.07, 6.45) is 6.11. The van der Waals surface area contributed by atoms with Gasteiger partial charge in [0.05, 0.1) is 19.3 Å². The second kappa shape index (κ2) is 11.0. The third-order valence-electron chi connectivity index (χ3n) is 9.17. The molecule has 0 saturated heterocycles. The van der Waals surface area contributed by atoms with Crippen molar-refractivity contribution in [3.8, 4) is 0 Å². The van der Waals surface area contributed by atoms with Crippen molar-refractivity contribution in [1.29, 1.82) is 0 Å². The number of hydrogen-bond donors (Lipinski definition) is 2. The van der Waals surface area contributed by atoms with Crippen molar-refractivity contribution in [3.63, 3.8) is 0 Å². The van der Waals surface area contributed by atoms with Gasteiger partial charge >= 0.3 is 0 Å². The van der Waals surface area contributed by atoms with E-state index in [0.29, 0.717) is 0 Å². The fourth-order valence-electron chi connectivity index (χ4n) is 5.48. The lowest BCUT2D eigenvalue weighted by Crippen LogP contribution is -2.59. The van der Waals surface area contributed by atoms with Crippen molar-refractivity contribution >= 4 is 16.4 Å². The highest BCUT2D eigenvalue weighted by atomic mass is 28.4. The fraction of sp³-hybridized carbons (Fsp3) is 1.00. The Labute approximate surface area is 217 Å². The third kappa shape index (κ3) is 11.1. The van der Waals surface area contributed by atoms with E-state index in [1.807, 2.05) is 27.7 Å². The van der Waals surface area contributed by atoms with Gasteiger partial charge in [0.15, 0.2) is 8.32 Å². The molecule has 3 nitrogen and oxygen atoms in total. The van der Waals surface area contributed by atoms with Gasteiger partial charge in [-0.05, 0) is 96.2 Å². The maximum absolute atomic E-state index is 10.5. The zero-order valence-corrected chi connectivity index (χ0v) is 28.3. The molecule has 0 heterocycles. The van der Waals surface area contributed by atoms with E-state index in [0.717, 1.165) is 38.5 Å². The monoisotopic (exact) mass is 516 g/mol. The maximum atomic E-state index is 10.5. The second-order valence-electron chi connectivity index (χ2n) is 16.2. The van der Waals surface area contributed by atoms with Gasteiger partial charge in [-0.1, -0.05) is 73.5 Å². The molecule has 0 aliphatic carbocycles. The zero-order valence-electron chi connectivity index (χ0n) is 26.3. The Balaban J connectivity index is 5.45. The van der Waals surface area contributed by atoms with E-state index in [-0.39, 0.29) is 21.1 Å². The summed E-state index contributed by atoms with van der Waals surface area (Å²) in [5.74, 6) is 0. The summed E-state index contributed by atoms with van der Waals surface area (Å²) >= 11 is 0. The molecule has 0 aromatic carbocycles. The molecular formula is C29H64O3Si2. The largest absolute Gasteiger partial charge is 0.415 e. The number of rotatable bonds is 15. The first-order valence-electron chi connectivity index (χ1n) is 13.7. The molecule has 0 fully saturated rings. The fourth-order valence-corrected chi connectivity index (χ4v) is 11.5. The van der Waals surface area contributed by atoms with E-state index in [1.165, 1.54) is 6.04 Å². The van der Waals surface area contributed by atoms with Gasteiger partial charge in [0.25, 0.3) is 0 Å². The minimum atomic E-state index is -2.03. The lowest BCUT2D eigenvalue weighted by atomic mass is 9.73. The predicted molar refractivity (Wildman–Crippen MR) is 157 cm³/mol. The van der Waals surface area contributed by atoms with E-state index in [2.05, 4.69) is 81.6 Å². The lowest BCUT2D eigenvalue weighted by molar-refractivity contribution is 0.0199. The minimum absolute atomic E-state index is 0.105. The average molecular weight is 517 g/mol. The predicted octanol–water partition coefficient (Wildman–Crippen LogP) is 8.95. The summed E-state index contributed by atoms with van der Waals surface area (Å²) in [4.78, 5) is 0. The topological polar surface area (TPSA) is 49.7 Å². The van der Waals surface area contributed by atoms with Gasteiger partial charge in [0.1, 0.15) is 0 Å². The smallest absolute Gasteiger partial charge is 0.192 e. The molecule has 0 amide bonds. The van der Waals surface area contributed by atoms with Crippen molar-refractivity contribution in [2.45, 2.75) is 175 Å². The Kier molecular flexibility index (Phi) is 11.1. The summed E-state index contributed by atoms with van der Waals surface area (Å²) in [7, 11) is -3.73. The lowest BCUT2D eigenvalue weighted by Gasteiger charge is -2.51. The molecular weight excluding hydrogens is 452 g/mol. The molecule has 0 aliphatic heterocycles.